The molecule has 0 aliphatic rings. The lowest BCUT2D eigenvalue weighted by molar-refractivity contribution is -0.00963. The molecule has 0 aromatic heterocycles. The zero-order chi connectivity index (χ0) is 68.3. The van der Waals surface area contributed by atoms with Crippen LogP contribution in [0.3, 0.4) is 0 Å². The van der Waals surface area contributed by atoms with Gasteiger partial charge >= 0.3 is 0 Å². The van der Waals surface area contributed by atoms with Gasteiger partial charge in [-0.3, -0.25) is 27.8 Å². The zero-order valence-electron chi connectivity index (χ0n) is 53.0. The Balaban J connectivity index is 0.984. The predicted octanol–water partition coefficient (Wildman–Crippen LogP) is 17.6. The molecule has 4 N–H and O–H groups in total. The minimum Gasteiger partial charge on any atom is -0.487 e. The van der Waals surface area contributed by atoms with E-state index in [9.17, 15) is 61.5 Å². The minimum absolute atomic E-state index is 0.120. The first kappa shape index (κ1) is 72.2. The highest BCUT2D eigenvalue weighted by Crippen LogP contribution is 2.49. The van der Waals surface area contributed by atoms with Crippen LogP contribution in [0.4, 0.5) is 0 Å². The molecule has 0 heterocycles. The third-order valence-electron chi connectivity index (χ3n) is 17.6. The van der Waals surface area contributed by atoms with Gasteiger partial charge in [0.25, 0.3) is 40.5 Å². The van der Waals surface area contributed by atoms with Crippen LogP contribution in [0.25, 0.3) is 11.1 Å². The zero-order valence-corrected chi connectivity index (χ0v) is 58.7. The number of hydrogen-bond acceptors (Lipinski definition) is 15. The molecule has 0 fully saturated rings. The number of thioether (sulfide) groups is 1. The van der Waals surface area contributed by atoms with Crippen molar-refractivity contribution >= 4 is 87.3 Å². The lowest BCUT2D eigenvalue weighted by atomic mass is 9.63. The summed E-state index contributed by atoms with van der Waals surface area (Å²) in [6.45, 7) is 19.6. The second-order valence-electron chi connectivity index (χ2n) is 23.6. The van der Waals surface area contributed by atoms with Gasteiger partial charge in [0.15, 0.2) is 11.6 Å². The number of carbonyl (C=O) groups excluding carboxylic acids is 2. The summed E-state index contributed by atoms with van der Waals surface area (Å²) in [4.78, 5) is 29.8. The van der Waals surface area contributed by atoms with Crippen molar-refractivity contribution in [1.82, 2.24) is 0 Å². The lowest BCUT2D eigenvalue weighted by Gasteiger charge is -2.48. The average molecular weight is 1400 g/mol. The third-order valence-corrected chi connectivity index (χ3v) is 24.7. The van der Waals surface area contributed by atoms with E-state index >= 15 is 0 Å². The quantitative estimate of drug-likeness (QED) is 0.0202. The summed E-state index contributed by atoms with van der Waals surface area (Å²) < 4.78 is 158. The molecule has 0 amide bonds. The average Bonchev–Trinajstić information content (AvgIpc) is 0.744. The Morgan fingerprint density at radius 3 is 1.22 bits per heavy atom. The second kappa shape index (κ2) is 28.4. The van der Waals surface area contributed by atoms with Gasteiger partial charge in [-0.1, -0.05) is 134 Å². The molecule has 8 aromatic rings. The van der Waals surface area contributed by atoms with Crippen LogP contribution in [-0.2, 0) is 51.3 Å². The van der Waals surface area contributed by atoms with Crippen LogP contribution >= 0.6 is 35.3 Å². The van der Waals surface area contributed by atoms with Crippen molar-refractivity contribution in [2.75, 3.05) is 0 Å². The van der Waals surface area contributed by atoms with Gasteiger partial charge in [-0.15, -0.1) is 11.8 Å². The van der Waals surface area contributed by atoms with Gasteiger partial charge in [0, 0.05) is 56.9 Å². The molecule has 16 nitrogen and oxygen atoms in total. The highest BCUT2D eigenvalue weighted by molar-refractivity contribution is 8.01. The summed E-state index contributed by atoms with van der Waals surface area (Å²) in [6.07, 6.45) is 3.05. The van der Waals surface area contributed by atoms with E-state index in [1.54, 1.807) is 60.3 Å². The smallest absolute Gasteiger partial charge is 0.298 e. The predicted molar refractivity (Wildman–Crippen MR) is 365 cm³/mol. The van der Waals surface area contributed by atoms with E-state index < -0.39 is 88.1 Å². The van der Waals surface area contributed by atoms with Crippen molar-refractivity contribution in [3.05, 3.63) is 203 Å². The van der Waals surface area contributed by atoms with Crippen molar-refractivity contribution < 1.29 is 70.9 Å². The first-order valence-electron chi connectivity index (χ1n) is 29.9. The molecule has 492 valence electrons. The molecule has 1 atom stereocenters. The van der Waals surface area contributed by atoms with Gasteiger partial charge in [-0.2, -0.15) is 33.7 Å². The van der Waals surface area contributed by atoms with Crippen molar-refractivity contribution in [1.29, 1.82) is 0 Å². The minimum atomic E-state index is -5.04. The molecule has 0 saturated carbocycles. The van der Waals surface area contributed by atoms with Crippen LogP contribution in [0, 0.1) is 0 Å². The molecule has 0 spiro atoms. The maximum absolute atomic E-state index is 14.3. The fourth-order valence-electron chi connectivity index (χ4n) is 11.3. The van der Waals surface area contributed by atoms with Gasteiger partial charge in [0.05, 0.1) is 9.79 Å². The molecule has 23 heteroatoms. The van der Waals surface area contributed by atoms with Crippen LogP contribution in [0.1, 0.15) is 151 Å². The summed E-state index contributed by atoms with van der Waals surface area (Å²) in [5.74, 6) is -1.30. The molecule has 0 aliphatic heterocycles. The monoisotopic (exact) mass is 1390 g/mol. The van der Waals surface area contributed by atoms with Crippen LogP contribution in [0.5, 0.6) is 17.2 Å². The van der Waals surface area contributed by atoms with Crippen molar-refractivity contribution in [2.24, 2.45) is 0 Å². The molecular weight excluding hydrogens is 1320 g/mol. The Kier molecular flexibility index (Phi) is 22.0. The highest BCUT2D eigenvalue weighted by Gasteiger charge is 2.50. The highest BCUT2D eigenvalue weighted by atomic mass is 32.2. The van der Waals surface area contributed by atoms with Gasteiger partial charge in [0.1, 0.15) is 32.6 Å². The van der Waals surface area contributed by atoms with E-state index in [2.05, 4.69) is 45.0 Å². The molecular formula is C70H74O16S7. The van der Waals surface area contributed by atoms with Crippen molar-refractivity contribution in [2.45, 2.75) is 173 Å². The van der Waals surface area contributed by atoms with E-state index in [1.165, 1.54) is 53.4 Å². The Morgan fingerprint density at radius 1 is 0.398 bits per heavy atom. The summed E-state index contributed by atoms with van der Waals surface area (Å²) in [5, 5.41) is 0. The van der Waals surface area contributed by atoms with Gasteiger partial charge < -0.3 is 9.47 Å². The van der Waals surface area contributed by atoms with E-state index in [0.717, 1.165) is 57.8 Å². The normalized spacial score (nSPS) is 13.3. The van der Waals surface area contributed by atoms with Crippen LogP contribution in [0.2, 0.25) is 0 Å². The van der Waals surface area contributed by atoms with E-state index in [1.807, 2.05) is 84.5 Å². The maximum Gasteiger partial charge on any atom is 0.298 e. The third kappa shape index (κ3) is 16.4. The fraction of sp³-hybridized carbons (Fsp3) is 0.286. The molecule has 1 unspecified atom stereocenters. The van der Waals surface area contributed by atoms with Gasteiger partial charge in [-0.25, -0.2) is 0 Å². The standard InChI is InChI=1S/C70H74O16S7/c1-11-67(7,8)89-56-35-33-54(34-36-56)87-53-29-31-55(32-30-53)88-60-40-24-50(44-64(60)93(82,83)84)66(72)48-22-38-58(62(42-48)91(76,77)78)70(15-5,16-6)69(10,14-4)86-52-27-19-46(20-28-52)45-17-25-51(26-18-45)85-59-39-23-49(43-63(59)92(79,80)81)65(71)47-21-37-57(68(9,12-2)13-3)61(41-47)90(73,74)75/h17-44H,11-16H2,1-10H3,(H,73,74,75)(H,76,77,78)(H,79,80,81)(H,82,83,84). The lowest BCUT2D eigenvalue weighted by Crippen LogP contribution is -2.53. The van der Waals surface area contributed by atoms with E-state index in [4.69, 9.17) is 9.47 Å². The first-order chi connectivity index (χ1) is 43.5. The second-order valence-corrected chi connectivity index (χ2v) is 33.2. The summed E-state index contributed by atoms with van der Waals surface area (Å²) in [7, 11) is -19.7. The number of hydrogen-bond donors (Lipinski definition) is 4. The topological polar surface area (TPSA) is 270 Å². The SMILES string of the molecule is CCC(C)(C)Sc1ccc(Sc2ccc(Sc3ccc(C(=O)c4ccc(C(CC)(CC)C(C)(CC)Oc5ccc(-c6ccc(Oc7ccc(C(=O)c8ccc(C(C)(CC)CC)c(S(=O)(=O)O)c8)cc7S(=O)(=O)O)cc6)cc5)c(S(=O)(=O)O)c4)cc3S(=O)(=O)O)cc2)cc1. The van der Waals surface area contributed by atoms with Crippen LogP contribution in [-0.4, -0.2) is 73.8 Å². The van der Waals surface area contributed by atoms with Crippen molar-refractivity contribution in [3.8, 4) is 28.4 Å². The summed E-state index contributed by atoms with van der Waals surface area (Å²) in [5.41, 5.74) is -1.70. The largest absolute Gasteiger partial charge is 0.487 e. The Hall–Kier alpha value is -6.61. The summed E-state index contributed by atoms with van der Waals surface area (Å²) in [6, 6.07) is 44.4. The number of carbonyl (C=O) groups is 2. The number of rotatable bonds is 28. The van der Waals surface area contributed by atoms with E-state index in [0.29, 0.717) is 53.9 Å². The first-order valence-corrected chi connectivity index (χ1v) is 38.1. The maximum atomic E-state index is 14.3. The van der Waals surface area contributed by atoms with Crippen molar-refractivity contribution in [3.63, 3.8) is 0 Å². The van der Waals surface area contributed by atoms with Gasteiger partial charge in [0.2, 0.25) is 0 Å². The van der Waals surface area contributed by atoms with Crippen LogP contribution < -0.4 is 9.47 Å². The fourth-order valence-corrected chi connectivity index (χ4v) is 17.3. The number of ether oxygens (including phenoxy) is 2. The van der Waals surface area contributed by atoms with Crippen LogP contribution in [0.15, 0.2) is 214 Å². The Bertz CT molecular complexity index is 4560. The molecule has 0 saturated heterocycles. The number of ketones is 2. The molecule has 0 bridgehead atoms. The Morgan fingerprint density at radius 2 is 0.785 bits per heavy atom. The number of benzene rings is 8. The molecule has 93 heavy (non-hydrogen) atoms. The molecule has 0 radical (unpaired) electrons. The van der Waals surface area contributed by atoms with E-state index in [-0.39, 0.29) is 49.0 Å². The molecule has 8 aromatic carbocycles. The molecule has 8 rings (SSSR count). The van der Waals surface area contributed by atoms with Gasteiger partial charge in [-0.05, 0) is 194 Å². The summed E-state index contributed by atoms with van der Waals surface area (Å²) >= 11 is 4.47. The Labute approximate surface area is 558 Å². The molecule has 0 aliphatic carbocycles.